The molecular weight excluding hydrogens is 311 g/mol. The maximum atomic E-state index is 14.0. The maximum Gasteiger partial charge on any atom is 0.216 e. The maximum absolute atomic E-state index is 14.0. The van der Waals surface area contributed by atoms with Gasteiger partial charge in [0.1, 0.15) is 23.8 Å². The Bertz CT molecular complexity index is 961. The number of halogens is 1. The minimum atomic E-state index is -0.352. The topological polar surface area (TPSA) is 92.5 Å². The lowest BCUT2D eigenvalue weighted by molar-refractivity contribution is 0.577. The summed E-state index contributed by atoms with van der Waals surface area (Å²) in [5.74, 6) is 1.93. The highest BCUT2D eigenvalue weighted by molar-refractivity contribution is 5.89. The van der Waals surface area contributed by atoms with E-state index in [0.717, 1.165) is 0 Å². The third kappa shape index (κ3) is 2.69. The van der Waals surface area contributed by atoms with Crippen molar-refractivity contribution in [3.8, 4) is 11.6 Å². The van der Waals surface area contributed by atoms with Crippen LogP contribution in [0.15, 0.2) is 47.3 Å². The molecule has 0 unspecified atom stereocenters. The van der Waals surface area contributed by atoms with E-state index in [1.165, 1.54) is 12.4 Å². The molecule has 8 heteroatoms. The van der Waals surface area contributed by atoms with E-state index >= 15 is 0 Å². The second kappa shape index (κ2) is 6.07. The number of hydrogen-bond donors (Lipinski definition) is 2. The molecule has 0 amide bonds. The highest BCUT2D eigenvalue weighted by atomic mass is 19.1. The number of benzene rings is 1. The van der Waals surface area contributed by atoms with Gasteiger partial charge in [0.15, 0.2) is 5.76 Å². The molecule has 0 aliphatic carbocycles. The molecule has 0 aliphatic heterocycles. The van der Waals surface area contributed by atoms with Crippen molar-refractivity contribution in [3.05, 3.63) is 54.6 Å². The molecule has 0 saturated heterocycles. The van der Waals surface area contributed by atoms with Gasteiger partial charge in [-0.05, 0) is 24.3 Å². The summed E-state index contributed by atoms with van der Waals surface area (Å²) in [6.45, 7) is 0.521. The molecule has 2 N–H and O–H groups in total. The van der Waals surface area contributed by atoms with Crippen molar-refractivity contribution >= 4 is 16.7 Å². The lowest BCUT2D eigenvalue weighted by Gasteiger charge is -2.07. The van der Waals surface area contributed by atoms with E-state index in [0.29, 0.717) is 47.1 Å². The Kier molecular flexibility index (Phi) is 3.62. The number of H-pyrrole nitrogens is 1. The van der Waals surface area contributed by atoms with Gasteiger partial charge in [0, 0.05) is 13.0 Å². The summed E-state index contributed by atoms with van der Waals surface area (Å²) in [5.41, 5.74) is 0.562. The molecule has 120 valence electrons. The first-order chi connectivity index (χ1) is 11.8. The van der Waals surface area contributed by atoms with Gasteiger partial charge in [0.25, 0.3) is 0 Å². The Morgan fingerprint density at radius 1 is 1.17 bits per heavy atom. The summed E-state index contributed by atoms with van der Waals surface area (Å²) in [7, 11) is 0. The number of hydrogen-bond acceptors (Lipinski definition) is 6. The quantitative estimate of drug-likeness (QED) is 0.586. The lowest BCUT2D eigenvalue weighted by atomic mass is 10.2. The van der Waals surface area contributed by atoms with Gasteiger partial charge in [-0.25, -0.2) is 19.3 Å². The minimum Gasteiger partial charge on any atom is -0.461 e. The van der Waals surface area contributed by atoms with Crippen LogP contribution in [-0.4, -0.2) is 31.7 Å². The average Bonchev–Trinajstić information content (AvgIpc) is 3.26. The zero-order valence-electron chi connectivity index (χ0n) is 12.5. The van der Waals surface area contributed by atoms with E-state index < -0.39 is 0 Å². The second-order valence-corrected chi connectivity index (χ2v) is 5.12. The van der Waals surface area contributed by atoms with Crippen LogP contribution in [0, 0.1) is 5.82 Å². The molecule has 4 rings (SSSR count). The van der Waals surface area contributed by atoms with Gasteiger partial charge < -0.3 is 9.73 Å². The average molecular weight is 324 g/mol. The summed E-state index contributed by atoms with van der Waals surface area (Å²) in [5, 5.41) is 10.5. The Hall–Kier alpha value is -3.29. The largest absolute Gasteiger partial charge is 0.461 e. The van der Waals surface area contributed by atoms with Crippen LogP contribution >= 0.6 is 0 Å². The Morgan fingerprint density at radius 3 is 3.00 bits per heavy atom. The predicted molar refractivity (Wildman–Crippen MR) is 85.8 cm³/mol. The van der Waals surface area contributed by atoms with E-state index in [4.69, 9.17) is 4.42 Å². The second-order valence-electron chi connectivity index (χ2n) is 5.12. The van der Waals surface area contributed by atoms with Gasteiger partial charge in [0.2, 0.25) is 5.82 Å². The van der Waals surface area contributed by atoms with Crippen molar-refractivity contribution in [3.63, 3.8) is 0 Å². The molecule has 7 nitrogen and oxygen atoms in total. The number of aromatic amines is 1. The van der Waals surface area contributed by atoms with Crippen molar-refractivity contribution in [2.75, 3.05) is 11.9 Å². The Labute approximate surface area is 136 Å². The first-order valence-corrected chi connectivity index (χ1v) is 7.39. The van der Waals surface area contributed by atoms with Crippen LogP contribution in [-0.2, 0) is 6.42 Å². The van der Waals surface area contributed by atoms with Crippen molar-refractivity contribution in [2.24, 2.45) is 0 Å². The summed E-state index contributed by atoms with van der Waals surface area (Å²) >= 11 is 0. The molecule has 3 aromatic heterocycles. The Balaban J connectivity index is 1.47. The van der Waals surface area contributed by atoms with Gasteiger partial charge >= 0.3 is 0 Å². The van der Waals surface area contributed by atoms with Crippen molar-refractivity contribution in [1.82, 2.24) is 25.1 Å². The van der Waals surface area contributed by atoms with Gasteiger partial charge in [-0.2, -0.15) is 5.10 Å². The number of rotatable bonds is 5. The van der Waals surface area contributed by atoms with E-state index in [9.17, 15) is 4.39 Å². The normalized spacial score (nSPS) is 11.0. The number of fused-ring (bicyclic) bond motifs is 1. The number of furan rings is 1. The van der Waals surface area contributed by atoms with Crippen LogP contribution in [0.4, 0.5) is 10.2 Å². The smallest absolute Gasteiger partial charge is 0.216 e. The first-order valence-electron chi connectivity index (χ1n) is 7.39. The van der Waals surface area contributed by atoms with Gasteiger partial charge in [0.05, 0.1) is 17.2 Å². The first kappa shape index (κ1) is 14.3. The molecule has 3 heterocycles. The summed E-state index contributed by atoms with van der Waals surface area (Å²) in [4.78, 5) is 12.5. The molecule has 24 heavy (non-hydrogen) atoms. The highest BCUT2D eigenvalue weighted by Crippen LogP contribution is 2.22. The number of nitrogens with zero attached hydrogens (tertiary/aromatic N) is 4. The standard InChI is InChI=1S/C16H13FN6O/c17-10-3-1-4-11-14(10)16(20-9-19-11)18-7-6-13-21-15(23-22-13)12-5-2-8-24-12/h1-5,8-9H,6-7H2,(H,18,19,20)(H,21,22,23). The summed E-state index contributed by atoms with van der Waals surface area (Å²) < 4.78 is 19.2. The van der Waals surface area contributed by atoms with Crippen LogP contribution in [0.5, 0.6) is 0 Å². The minimum absolute atomic E-state index is 0.352. The van der Waals surface area contributed by atoms with Crippen LogP contribution in [0.3, 0.4) is 0 Å². The molecule has 0 radical (unpaired) electrons. The summed E-state index contributed by atoms with van der Waals surface area (Å²) in [6, 6.07) is 8.34. The fraction of sp³-hybridized carbons (Fsp3) is 0.125. The van der Waals surface area contributed by atoms with Gasteiger partial charge in [-0.3, -0.25) is 5.10 Å². The molecule has 0 bridgehead atoms. The SMILES string of the molecule is Fc1cccc2ncnc(NCCc3nc(-c4ccco4)n[nH]3)c12. The van der Waals surface area contributed by atoms with E-state index in [-0.39, 0.29) is 5.82 Å². The van der Waals surface area contributed by atoms with E-state index in [1.54, 1.807) is 30.5 Å². The lowest BCUT2D eigenvalue weighted by Crippen LogP contribution is -2.08. The molecule has 0 fully saturated rings. The third-order valence-electron chi connectivity index (χ3n) is 3.54. The van der Waals surface area contributed by atoms with Crippen LogP contribution in [0.2, 0.25) is 0 Å². The molecule has 0 aliphatic rings. The van der Waals surface area contributed by atoms with Gasteiger partial charge in [-0.15, -0.1) is 0 Å². The van der Waals surface area contributed by atoms with Crippen molar-refractivity contribution in [1.29, 1.82) is 0 Å². The van der Waals surface area contributed by atoms with Crippen LogP contribution in [0.1, 0.15) is 5.82 Å². The highest BCUT2D eigenvalue weighted by Gasteiger charge is 2.10. The number of nitrogens with one attached hydrogen (secondary N) is 2. The molecule has 0 saturated carbocycles. The molecule has 4 aromatic rings. The van der Waals surface area contributed by atoms with Gasteiger partial charge in [-0.1, -0.05) is 6.07 Å². The zero-order chi connectivity index (χ0) is 16.4. The fourth-order valence-electron chi connectivity index (χ4n) is 2.42. The fourth-order valence-corrected chi connectivity index (χ4v) is 2.42. The number of aromatic nitrogens is 5. The van der Waals surface area contributed by atoms with Crippen molar-refractivity contribution in [2.45, 2.75) is 6.42 Å². The molecule has 1 aromatic carbocycles. The number of anilines is 1. The van der Waals surface area contributed by atoms with Crippen molar-refractivity contribution < 1.29 is 8.81 Å². The van der Waals surface area contributed by atoms with Crippen LogP contribution in [0.25, 0.3) is 22.5 Å². The predicted octanol–water partition coefficient (Wildman–Crippen LogP) is 2.80. The van der Waals surface area contributed by atoms with Crippen LogP contribution < -0.4 is 5.32 Å². The summed E-state index contributed by atoms with van der Waals surface area (Å²) in [6.07, 6.45) is 3.56. The molecule has 0 atom stereocenters. The third-order valence-corrected chi connectivity index (χ3v) is 3.54. The Morgan fingerprint density at radius 2 is 2.12 bits per heavy atom. The monoisotopic (exact) mass is 324 g/mol. The van der Waals surface area contributed by atoms with E-state index in [2.05, 4.69) is 30.5 Å². The molecule has 0 spiro atoms. The van der Waals surface area contributed by atoms with E-state index in [1.807, 2.05) is 0 Å². The zero-order valence-corrected chi connectivity index (χ0v) is 12.5. The molecular formula is C16H13FN6O.